The molecule has 0 aliphatic heterocycles. The summed E-state index contributed by atoms with van der Waals surface area (Å²) < 4.78 is 0. The van der Waals surface area contributed by atoms with E-state index in [0.717, 1.165) is 0 Å². The molecule has 2 radical (unpaired) electrons. The zero-order valence-corrected chi connectivity index (χ0v) is 15.3. The van der Waals surface area contributed by atoms with E-state index in [1.54, 1.807) is 0 Å². The van der Waals surface area contributed by atoms with Crippen LogP contribution in [-0.4, -0.2) is 0 Å². The molecule has 0 spiro atoms. The monoisotopic (exact) mass is 592 g/mol. The van der Waals surface area contributed by atoms with Gasteiger partial charge in [0.1, 0.15) is 0 Å². The fraction of sp³-hybridized carbons (Fsp3) is 0. The molecule has 0 aliphatic carbocycles. The zero-order chi connectivity index (χ0) is 0. The molecule has 0 aromatic heterocycles. The van der Waals surface area contributed by atoms with Crippen molar-refractivity contribution in [2.45, 2.75) is 0 Å². The standard InChI is InChI=1S/2CH3.U.V.W.Y/h2*1H3;;;;/q2*-1;;;;. The third-order valence-corrected chi connectivity index (χ3v) is 0. The normalized spacial score (nSPS) is 0. The molecule has 0 N–H and O–H groups in total. The van der Waals surface area contributed by atoms with Crippen molar-refractivity contribution in [3.8, 4) is 0 Å². The molecule has 0 saturated heterocycles. The fourth-order valence-electron chi connectivity index (χ4n) is 0. The summed E-state index contributed by atoms with van der Waals surface area (Å²) in [6.07, 6.45) is 0. The number of hydrogen-bond acceptors (Lipinski definition) is 0. The van der Waals surface area contributed by atoms with E-state index < -0.39 is 0 Å². The van der Waals surface area contributed by atoms with Gasteiger partial charge >= 0.3 is 0 Å². The van der Waals surface area contributed by atoms with Crippen LogP contribution in [0.3, 0.4) is 0 Å². The molecule has 0 aromatic carbocycles. The summed E-state index contributed by atoms with van der Waals surface area (Å²) in [7, 11) is 0. The van der Waals surface area contributed by atoms with Gasteiger partial charge in [0.05, 0.1) is 0 Å². The zero-order valence-electron chi connectivity index (χ0n) is 3.93. The molecule has 0 aromatic rings. The first-order valence-electron chi connectivity index (χ1n) is 0. The summed E-state index contributed by atoms with van der Waals surface area (Å²) in [5.74, 6) is 0. The summed E-state index contributed by atoms with van der Waals surface area (Å²) in [5, 5.41) is 0. The predicted octanol–water partition coefficient (Wildman–Crippen LogP) is 0.893. The van der Waals surface area contributed by atoms with Gasteiger partial charge in [-0.25, -0.2) is 0 Å². The molecule has 0 bridgehead atoms. The number of rotatable bonds is 0. The Bertz CT molecular complexity index is 13.5. The van der Waals surface area contributed by atoms with E-state index in [2.05, 4.69) is 0 Å². The first-order chi connectivity index (χ1) is 0. The second kappa shape index (κ2) is 39.6. The topological polar surface area (TPSA) is 0 Å². The summed E-state index contributed by atoms with van der Waals surface area (Å²) in [6.45, 7) is 0. The van der Waals surface area contributed by atoms with Gasteiger partial charge in [-0.05, 0) is 0 Å². The van der Waals surface area contributed by atoms with Crippen molar-refractivity contribution in [2.24, 2.45) is 0 Å². The largest absolute Gasteiger partial charge is 0.358 e. The maximum Gasteiger partial charge on any atom is 0 e. The van der Waals surface area contributed by atoms with E-state index in [9.17, 15) is 0 Å². The van der Waals surface area contributed by atoms with E-state index >= 15 is 0 Å². The van der Waals surface area contributed by atoms with Crippen molar-refractivity contribution < 1.29 is 103 Å². The predicted molar refractivity (Wildman–Crippen MR) is 12.8 cm³/mol. The van der Waals surface area contributed by atoms with Crippen LogP contribution < -0.4 is 0 Å². The third-order valence-electron chi connectivity index (χ3n) is 0. The summed E-state index contributed by atoms with van der Waals surface area (Å²) in [4.78, 5) is 0. The van der Waals surface area contributed by atoms with Gasteiger partial charge in [0.25, 0.3) is 0 Å². The molecule has 0 fully saturated rings. The van der Waals surface area contributed by atoms with Crippen LogP contribution in [0.5, 0.6) is 0 Å². The van der Waals surface area contributed by atoms with Crippen LogP contribution in [0, 0.1) is 46.0 Å². The van der Waals surface area contributed by atoms with Crippen LogP contribution in [0.15, 0.2) is 0 Å². The molecular formula is C2H6UVWY-2. The Hall–Kier alpha value is 3.43. The van der Waals surface area contributed by atoms with Crippen molar-refractivity contribution in [3.05, 3.63) is 14.9 Å². The quantitative estimate of drug-likeness (QED) is 0.368. The fourth-order valence-corrected chi connectivity index (χ4v) is 0. The van der Waals surface area contributed by atoms with E-state index in [-0.39, 0.29) is 118 Å². The molecule has 0 atom stereocenters. The molecule has 0 aliphatic rings. The minimum atomic E-state index is 0. The third kappa shape index (κ3) is 26.1. The molecule has 6 heavy (non-hydrogen) atoms. The van der Waals surface area contributed by atoms with Crippen LogP contribution in [0.1, 0.15) is 0 Å². The van der Waals surface area contributed by atoms with E-state index in [1.165, 1.54) is 0 Å². The van der Waals surface area contributed by atoms with Crippen LogP contribution in [-0.2, 0) is 72.3 Å². The molecular weight excluding hydrogens is 586 g/mol. The van der Waals surface area contributed by atoms with Crippen molar-refractivity contribution >= 4 is 0 Å². The Morgan fingerprint density at radius 2 is 0.833 bits per heavy atom. The molecule has 0 saturated carbocycles. The smallest absolute Gasteiger partial charge is 0 e. The second-order valence-electron chi connectivity index (χ2n) is 0. The Morgan fingerprint density at radius 3 is 0.833 bits per heavy atom. The Kier molecular flexibility index (Phi) is 376. The summed E-state index contributed by atoms with van der Waals surface area (Å²) in [5.41, 5.74) is 0. The van der Waals surface area contributed by atoms with Gasteiger partial charge in [0, 0.05) is 103 Å². The van der Waals surface area contributed by atoms with Crippen LogP contribution in [0.4, 0.5) is 0 Å². The average Bonchev–Trinajstić information content (AvgIpc) is 0. The van der Waals surface area contributed by atoms with E-state index in [4.69, 9.17) is 0 Å². The van der Waals surface area contributed by atoms with Crippen molar-refractivity contribution in [1.82, 2.24) is 0 Å². The average molecular weight is 592 g/mol. The van der Waals surface area contributed by atoms with Crippen LogP contribution >= 0.6 is 0 Å². The minimum Gasteiger partial charge on any atom is -0.358 e. The van der Waals surface area contributed by atoms with Crippen LogP contribution in [0.25, 0.3) is 0 Å². The maximum absolute atomic E-state index is 0. The van der Waals surface area contributed by atoms with Gasteiger partial charge in [0.2, 0.25) is 0 Å². The molecule has 0 heterocycles. The van der Waals surface area contributed by atoms with Gasteiger partial charge < -0.3 is 14.9 Å². The Labute approximate surface area is 116 Å². The minimum absolute atomic E-state index is 0. The van der Waals surface area contributed by atoms with Gasteiger partial charge in [-0.1, -0.05) is 0 Å². The van der Waals surface area contributed by atoms with E-state index in [1.807, 2.05) is 0 Å². The summed E-state index contributed by atoms with van der Waals surface area (Å²) in [6, 6.07) is 0. The first-order valence-corrected chi connectivity index (χ1v) is 0. The number of hydrogen-bond donors (Lipinski definition) is 0. The Balaban J connectivity index is 0. The molecule has 0 nitrogen and oxygen atoms in total. The van der Waals surface area contributed by atoms with Gasteiger partial charge in [-0.3, -0.25) is 0 Å². The maximum atomic E-state index is 0. The molecule has 4 heteroatoms. The molecule has 34 valence electrons. The SMILES string of the molecule is [CH3-].[CH3-].[U].[V].[W].[Y]. The molecule has 0 rings (SSSR count). The van der Waals surface area contributed by atoms with Gasteiger partial charge in [0.15, 0.2) is 0 Å². The summed E-state index contributed by atoms with van der Waals surface area (Å²) >= 11 is 0. The van der Waals surface area contributed by atoms with Crippen LogP contribution in [0.2, 0.25) is 0 Å². The Morgan fingerprint density at radius 1 is 0.833 bits per heavy atom. The first kappa shape index (κ1) is 57.0. The van der Waals surface area contributed by atoms with Gasteiger partial charge in [-0.2, -0.15) is 0 Å². The van der Waals surface area contributed by atoms with Crippen molar-refractivity contribution in [3.63, 3.8) is 0 Å². The van der Waals surface area contributed by atoms with Crippen molar-refractivity contribution in [2.75, 3.05) is 0 Å². The van der Waals surface area contributed by atoms with Gasteiger partial charge in [-0.15, -0.1) is 0 Å². The van der Waals surface area contributed by atoms with E-state index in [0.29, 0.717) is 0 Å². The second-order valence-corrected chi connectivity index (χ2v) is 0. The molecule has 0 unspecified atom stereocenters. The van der Waals surface area contributed by atoms with Crippen molar-refractivity contribution in [1.29, 1.82) is 0 Å². The molecule has 0 amide bonds.